The predicted octanol–water partition coefficient (Wildman–Crippen LogP) is 3.02. The number of hydrogen-bond acceptors (Lipinski definition) is 4. The zero-order valence-electron chi connectivity index (χ0n) is 12.1. The molecule has 116 valence electrons. The fourth-order valence-electron chi connectivity index (χ4n) is 2.53. The van der Waals surface area contributed by atoms with Crippen LogP contribution in [0.1, 0.15) is 30.3 Å². The molecular weight excluding hydrogens is 322 g/mol. The van der Waals surface area contributed by atoms with E-state index in [1.165, 1.54) is 11.3 Å². The second kappa shape index (κ2) is 6.22. The third-order valence-corrected chi connectivity index (χ3v) is 5.14. The molecule has 2 aromatic rings. The van der Waals surface area contributed by atoms with Crippen LogP contribution < -0.4 is 5.69 Å². The molecule has 1 aliphatic rings. The first kappa shape index (κ1) is 15.2. The fourth-order valence-corrected chi connectivity index (χ4v) is 3.55. The molecule has 0 radical (unpaired) electrons. The molecule has 0 saturated carbocycles. The molecule has 1 N–H and O–H groups in total. The topological polar surface area (TPSA) is 66.1 Å². The summed E-state index contributed by atoms with van der Waals surface area (Å²) in [6, 6.07) is 5.20. The number of aromatic amines is 1. The zero-order valence-corrected chi connectivity index (χ0v) is 13.7. The molecule has 0 aromatic carbocycles. The van der Waals surface area contributed by atoms with Crippen LogP contribution in [0.5, 0.6) is 0 Å². The number of nitrogens with zero attached hydrogens (tertiary/aromatic N) is 2. The lowest BCUT2D eigenvalue weighted by Gasteiger charge is -2.29. The molecule has 7 heteroatoms. The molecule has 0 bridgehead atoms. The molecule has 3 rings (SSSR count). The van der Waals surface area contributed by atoms with E-state index in [2.05, 4.69) is 16.9 Å². The highest BCUT2D eigenvalue weighted by atomic mass is 35.5. The minimum absolute atomic E-state index is 0.179. The van der Waals surface area contributed by atoms with Gasteiger partial charge in [0.25, 0.3) is 5.91 Å². The molecule has 1 fully saturated rings. The number of carbonyl (C=O) groups excluding carboxylic acids is 1. The van der Waals surface area contributed by atoms with Gasteiger partial charge in [0.15, 0.2) is 0 Å². The highest BCUT2D eigenvalue weighted by Crippen LogP contribution is 2.29. The molecule has 22 heavy (non-hydrogen) atoms. The molecule has 5 nitrogen and oxygen atoms in total. The van der Waals surface area contributed by atoms with E-state index in [1.807, 2.05) is 6.07 Å². The summed E-state index contributed by atoms with van der Waals surface area (Å²) >= 11 is 7.27. The van der Waals surface area contributed by atoms with Crippen molar-refractivity contribution < 1.29 is 4.79 Å². The molecule has 0 aliphatic carbocycles. The van der Waals surface area contributed by atoms with E-state index in [0.29, 0.717) is 29.0 Å². The van der Waals surface area contributed by atoms with Gasteiger partial charge in [-0.05, 0) is 37.0 Å². The minimum Gasteiger partial charge on any atom is -0.337 e. The normalized spacial score (nSPS) is 16.0. The largest absolute Gasteiger partial charge is 0.346 e. The van der Waals surface area contributed by atoms with E-state index >= 15 is 0 Å². The third-order valence-electron chi connectivity index (χ3n) is 3.87. The lowest BCUT2D eigenvalue weighted by molar-refractivity contribution is 0.0690. The number of amides is 1. The summed E-state index contributed by atoms with van der Waals surface area (Å²) in [6.07, 6.45) is 1.98. The second-order valence-corrected chi connectivity index (χ2v) is 7.28. The number of nitrogens with one attached hydrogen (secondary N) is 1. The summed E-state index contributed by atoms with van der Waals surface area (Å²) in [4.78, 5) is 33.4. The van der Waals surface area contributed by atoms with Crippen LogP contribution in [-0.4, -0.2) is 33.9 Å². The number of likely N-dealkylation sites (tertiary alicyclic amines) is 1. The van der Waals surface area contributed by atoms with Crippen molar-refractivity contribution in [3.8, 4) is 10.6 Å². The van der Waals surface area contributed by atoms with Gasteiger partial charge in [-0.2, -0.15) is 4.98 Å². The van der Waals surface area contributed by atoms with Crippen molar-refractivity contribution in [2.24, 2.45) is 5.92 Å². The average Bonchev–Trinajstić information content (AvgIpc) is 2.93. The SMILES string of the molecule is CC1CCN(C(=O)c2cc(-c3ccc(Cl)s3)[nH]c(=O)n2)CC1. The van der Waals surface area contributed by atoms with Crippen LogP contribution in [-0.2, 0) is 0 Å². The van der Waals surface area contributed by atoms with Gasteiger partial charge in [-0.25, -0.2) is 4.79 Å². The van der Waals surface area contributed by atoms with Crippen molar-refractivity contribution in [1.82, 2.24) is 14.9 Å². The Kier molecular flexibility index (Phi) is 4.31. The summed E-state index contributed by atoms with van der Waals surface area (Å²) in [5, 5.41) is 0. The summed E-state index contributed by atoms with van der Waals surface area (Å²) in [7, 11) is 0. The molecular formula is C15H16ClN3O2S. The molecule has 2 aromatic heterocycles. The first-order valence-electron chi connectivity index (χ1n) is 7.19. The zero-order chi connectivity index (χ0) is 15.7. The number of H-pyrrole nitrogens is 1. The molecule has 1 saturated heterocycles. The van der Waals surface area contributed by atoms with Gasteiger partial charge in [0.05, 0.1) is 14.9 Å². The predicted molar refractivity (Wildman–Crippen MR) is 87.5 cm³/mol. The van der Waals surface area contributed by atoms with Gasteiger partial charge in [-0.15, -0.1) is 11.3 Å². The van der Waals surface area contributed by atoms with Gasteiger partial charge in [-0.1, -0.05) is 18.5 Å². The Labute approximate surface area is 137 Å². The van der Waals surface area contributed by atoms with Gasteiger partial charge in [0.1, 0.15) is 5.69 Å². The van der Waals surface area contributed by atoms with Crippen molar-refractivity contribution in [2.45, 2.75) is 19.8 Å². The molecule has 0 unspecified atom stereocenters. The van der Waals surface area contributed by atoms with E-state index in [4.69, 9.17) is 11.6 Å². The summed E-state index contributed by atoms with van der Waals surface area (Å²) in [5.74, 6) is 0.460. The van der Waals surface area contributed by atoms with E-state index in [1.54, 1.807) is 17.0 Å². The van der Waals surface area contributed by atoms with Crippen molar-refractivity contribution >= 4 is 28.8 Å². The van der Waals surface area contributed by atoms with Crippen molar-refractivity contribution in [3.63, 3.8) is 0 Å². The first-order valence-corrected chi connectivity index (χ1v) is 8.39. The molecule has 0 atom stereocenters. The van der Waals surface area contributed by atoms with Crippen LogP contribution in [0.25, 0.3) is 10.6 Å². The van der Waals surface area contributed by atoms with Gasteiger partial charge in [0, 0.05) is 13.1 Å². The van der Waals surface area contributed by atoms with E-state index < -0.39 is 5.69 Å². The first-order chi connectivity index (χ1) is 10.5. The maximum Gasteiger partial charge on any atom is 0.346 e. The van der Waals surface area contributed by atoms with E-state index in [9.17, 15) is 9.59 Å². The fraction of sp³-hybridized carbons (Fsp3) is 0.400. The van der Waals surface area contributed by atoms with Crippen LogP contribution in [0.4, 0.5) is 0 Å². The molecule has 3 heterocycles. The number of thiophene rings is 1. The number of carbonyl (C=O) groups is 1. The number of halogens is 1. The third kappa shape index (κ3) is 3.23. The monoisotopic (exact) mass is 337 g/mol. The molecule has 1 aliphatic heterocycles. The maximum atomic E-state index is 12.5. The quantitative estimate of drug-likeness (QED) is 0.916. The summed E-state index contributed by atoms with van der Waals surface area (Å²) in [6.45, 7) is 3.62. The Morgan fingerprint density at radius 1 is 1.41 bits per heavy atom. The summed E-state index contributed by atoms with van der Waals surface area (Å²) < 4.78 is 0.630. The Bertz CT molecular complexity index is 747. The van der Waals surface area contributed by atoms with Crippen LogP contribution in [0.2, 0.25) is 4.34 Å². The lowest BCUT2D eigenvalue weighted by Crippen LogP contribution is -2.39. The molecule has 0 spiro atoms. The van der Waals surface area contributed by atoms with Crippen LogP contribution >= 0.6 is 22.9 Å². The average molecular weight is 338 g/mol. The van der Waals surface area contributed by atoms with Crippen LogP contribution in [0.15, 0.2) is 23.0 Å². The highest BCUT2D eigenvalue weighted by molar-refractivity contribution is 7.19. The van der Waals surface area contributed by atoms with Crippen LogP contribution in [0.3, 0.4) is 0 Å². The lowest BCUT2D eigenvalue weighted by atomic mass is 9.99. The van der Waals surface area contributed by atoms with E-state index in [0.717, 1.165) is 17.7 Å². The number of piperidine rings is 1. The van der Waals surface area contributed by atoms with Crippen molar-refractivity contribution in [2.75, 3.05) is 13.1 Å². The maximum absolute atomic E-state index is 12.5. The number of aromatic nitrogens is 2. The van der Waals surface area contributed by atoms with Gasteiger partial charge < -0.3 is 9.88 Å². The van der Waals surface area contributed by atoms with Gasteiger partial charge in [-0.3, -0.25) is 4.79 Å². The minimum atomic E-state index is -0.518. The number of rotatable bonds is 2. The Morgan fingerprint density at radius 3 is 2.77 bits per heavy atom. The van der Waals surface area contributed by atoms with Crippen molar-refractivity contribution in [3.05, 3.63) is 38.7 Å². The van der Waals surface area contributed by atoms with Gasteiger partial charge in [0.2, 0.25) is 0 Å². The van der Waals surface area contributed by atoms with E-state index in [-0.39, 0.29) is 11.6 Å². The number of hydrogen-bond donors (Lipinski definition) is 1. The highest BCUT2D eigenvalue weighted by Gasteiger charge is 2.23. The Balaban J connectivity index is 1.89. The Hall–Kier alpha value is -1.66. The second-order valence-electron chi connectivity index (χ2n) is 5.56. The smallest absolute Gasteiger partial charge is 0.337 e. The molecule has 1 amide bonds. The van der Waals surface area contributed by atoms with Crippen LogP contribution in [0, 0.1) is 5.92 Å². The van der Waals surface area contributed by atoms with Crippen molar-refractivity contribution in [1.29, 1.82) is 0 Å². The standard InChI is InChI=1S/C15H16ClN3O2S/c1-9-4-6-19(7-5-9)14(20)11-8-10(17-15(21)18-11)12-2-3-13(16)22-12/h2-3,8-9H,4-7H2,1H3,(H,17,18,21). The van der Waals surface area contributed by atoms with Gasteiger partial charge >= 0.3 is 5.69 Å². The Morgan fingerprint density at radius 2 is 2.14 bits per heavy atom. The summed E-state index contributed by atoms with van der Waals surface area (Å²) in [5.41, 5.74) is 0.249.